The number of halogens is 4. The Balaban J connectivity index is 2.26. The zero-order valence-corrected chi connectivity index (χ0v) is 12.4. The standard InChI is InChI=1S/C17H16ClF3/c1-12-5-2-3-8-16(12)14(11-18)9-13-6-4-7-15(10-13)17(19,20)21/h2-8,10,14H,9,11H2,1H3. The molecular formula is C17H16ClF3. The van der Waals surface area contributed by atoms with Crippen LogP contribution in [0, 0.1) is 6.92 Å². The van der Waals surface area contributed by atoms with E-state index in [1.54, 1.807) is 6.07 Å². The highest BCUT2D eigenvalue weighted by Crippen LogP contribution is 2.31. The highest BCUT2D eigenvalue weighted by molar-refractivity contribution is 6.18. The van der Waals surface area contributed by atoms with E-state index in [1.165, 1.54) is 12.1 Å². The van der Waals surface area contributed by atoms with Gasteiger partial charge in [0.2, 0.25) is 0 Å². The van der Waals surface area contributed by atoms with Gasteiger partial charge in [0.15, 0.2) is 0 Å². The summed E-state index contributed by atoms with van der Waals surface area (Å²) in [4.78, 5) is 0. The van der Waals surface area contributed by atoms with Crippen LogP contribution in [0.5, 0.6) is 0 Å². The molecule has 0 aliphatic heterocycles. The summed E-state index contributed by atoms with van der Waals surface area (Å²) in [6.45, 7) is 1.99. The first-order valence-electron chi connectivity index (χ1n) is 6.69. The highest BCUT2D eigenvalue weighted by atomic mass is 35.5. The first kappa shape index (κ1) is 15.9. The molecule has 0 bridgehead atoms. The van der Waals surface area contributed by atoms with Crippen molar-refractivity contribution in [2.24, 2.45) is 0 Å². The van der Waals surface area contributed by atoms with Crippen molar-refractivity contribution >= 4 is 11.6 Å². The first-order chi connectivity index (χ1) is 9.91. The summed E-state index contributed by atoms with van der Waals surface area (Å²) in [6, 6.07) is 13.3. The van der Waals surface area contributed by atoms with Gasteiger partial charge >= 0.3 is 6.18 Å². The van der Waals surface area contributed by atoms with Crippen molar-refractivity contribution in [3.63, 3.8) is 0 Å². The molecule has 0 saturated heterocycles. The van der Waals surface area contributed by atoms with E-state index in [-0.39, 0.29) is 5.92 Å². The zero-order valence-electron chi connectivity index (χ0n) is 11.6. The SMILES string of the molecule is Cc1ccccc1C(CCl)Cc1cccc(C(F)(F)F)c1. The Kier molecular flexibility index (Phi) is 4.94. The maximum atomic E-state index is 12.7. The Bertz CT molecular complexity index is 605. The van der Waals surface area contributed by atoms with Gasteiger partial charge in [0.05, 0.1) is 5.56 Å². The van der Waals surface area contributed by atoms with Gasteiger partial charge in [0.1, 0.15) is 0 Å². The molecule has 0 radical (unpaired) electrons. The lowest BCUT2D eigenvalue weighted by atomic mass is 9.90. The zero-order chi connectivity index (χ0) is 15.5. The van der Waals surface area contributed by atoms with Crippen LogP contribution in [0.25, 0.3) is 0 Å². The molecule has 1 atom stereocenters. The lowest BCUT2D eigenvalue weighted by molar-refractivity contribution is -0.137. The van der Waals surface area contributed by atoms with Crippen LogP contribution < -0.4 is 0 Å². The maximum Gasteiger partial charge on any atom is 0.416 e. The summed E-state index contributed by atoms with van der Waals surface area (Å²) in [5, 5.41) is 0. The lowest BCUT2D eigenvalue weighted by Gasteiger charge is -2.17. The van der Waals surface area contributed by atoms with Gasteiger partial charge in [-0.3, -0.25) is 0 Å². The van der Waals surface area contributed by atoms with Crippen LogP contribution in [-0.2, 0) is 12.6 Å². The van der Waals surface area contributed by atoms with Crippen LogP contribution in [-0.4, -0.2) is 5.88 Å². The van der Waals surface area contributed by atoms with Gasteiger partial charge in [0, 0.05) is 11.8 Å². The molecule has 2 aromatic rings. The van der Waals surface area contributed by atoms with Crippen molar-refractivity contribution in [1.82, 2.24) is 0 Å². The Morgan fingerprint density at radius 3 is 2.38 bits per heavy atom. The molecule has 0 aromatic heterocycles. The molecule has 0 nitrogen and oxygen atoms in total. The van der Waals surface area contributed by atoms with E-state index in [9.17, 15) is 13.2 Å². The van der Waals surface area contributed by atoms with Crippen LogP contribution in [0.15, 0.2) is 48.5 Å². The molecule has 0 saturated carbocycles. The van der Waals surface area contributed by atoms with E-state index in [2.05, 4.69) is 0 Å². The smallest absolute Gasteiger partial charge is 0.166 e. The van der Waals surface area contributed by atoms with Crippen molar-refractivity contribution in [1.29, 1.82) is 0 Å². The van der Waals surface area contributed by atoms with Gasteiger partial charge < -0.3 is 0 Å². The molecule has 1 unspecified atom stereocenters. The summed E-state index contributed by atoms with van der Waals surface area (Å²) < 4.78 is 38.2. The molecule has 4 heteroatoms. The third kappa shape index (κ3) is 4.01. The second-order valence-corrected chi connectivity index (χ2v) is 5.42. The van der Waals surface area contributed by atoms with Crippen molar-refractivity contribution in [3.05, 3.63) is 70.8 Å². The molecule has 0 aliphatic carbocycles. The number of rotatable bonds is 4. The normalized spacial score (nSPS) is 13.2. The summed E-state index contributed by atoms with van der Waals surface area (Å²) in [5.41, 5.74) is 2.23. The third-order valence-corrected chi connectivity index (χ3v) is 3.92. The predicted molar refractivity (Wildman–Crippen MR) is 79.8 cm³/mol. The van der Waals surface area contributed by atoms with Crippen molar-refractivity contribution in [3.8, 4) is 0 Å². The van der Waals surface area contributed by atoms with Gasteiger partial charge in [0.25, 0.3) is 0 Å². The van der Waals surface area contributed by atoms with Crippen molar-refractivity contribution < 1.29 is 13.2 Å². The molecule has 21 heavy (non-hydrogen) atoms. The molecule has 0 heterocycles. The average molecular weight is 313 g/mol. The number of alkyl halides is 4. The van der Waals surface area contributed by atoms with Gasteiger partial charge in [-0.1, -0.05) is 42.5 Å². The van der Waals surface area contributed by atoms with E-state index in [0.717, 1.165) is 17.2 Å². The molecule has 0 amide bonds. The minimum absolute atomic E-state index is 0.0105. The topological polar surface area (TPSA) is 0 Å². The summed E-state index contributed by atoms with van der Waals surface area (Å²) in [7, 11) is 0. The Hall–Kier alpha value is -1.48. The van der Waals surface area contributed by atoms with E-state index >= 15 is 0 Å². The molecular weight excluding hydrogens is 297 g/mol. The van der Waals surface area contributed by atoms with Crippen LogP contribution in [0.3, 0.4) is 0 Å². The maximum absolute atomic E-state index is 12.7. The van der Waals surface area contributed by atoms with Gasteiger partial charge in [-0.15, -0.1) is 11.6 Å². The fourth-order valence-electron chi connectivity index (χ4n) is 2.45. The van der Waals surface area contributed by atoms with Crippen LogP contribution in [0.1, 0.15) is 28.2 Å². The van der Waals surface area contributed by atoms with Crippen molar-refractivity contribution in [2.45, 2.75) is 25.4 Å². The summed E-state index contributed by atoms with van der Waals surface area (Å²) in [6.07, 6.45) is -3.81. The Morgan fingerprint density at radius 1 is 1.05 bits per heavy atom. The number of hydrogen-bond donors (Lipinski definition) is 0. The van der Waals surface area contributed by atoms with E-state index in [4.69, 9.17) is 11.6 Å². The number of benzene rings is 2. The molecule has 0 N–H and O–H groups in total. The fourth-order valence-corrected chi connectivity index (χ4v) is 2.73. The molecule has 0 fully saturated rings. The van der Waals surface area contributed by atoms with E-state index < -0.39 is 11.7 Å². The highest BCUT2D eigenvalue weighted by Gasteiger charge is 2.30. The summed E-state index contributed by atoms with van der Waals surface area (Å²) >= 11 is 6.03. The van der Waals surface area contributed by atoms with Crippen LogP contribution in [0.4, 0.5) is 13.2 Å². The number of hydrogen-bond acceptors (Lipinski definition) is 0. The molecule has 0 spiro atoms. The van der Waals surface area contributed by atoms with Crippen LogP contribution in [0.2, 0.25) is 0 Å². The number of aryl methyl sites for hydroxylation is 1. The quantitative estimate of drug-likeness (QED) is 0.647. The Labute approximate surface area is 127 Å². The second-order valence-electron chi connectivity index (χ2n) is 5.11. The van der Waals surface area contributed by atoms with Crippen LogP contribution >= 0.6 is 11.6 Å². The monoisotopic (exact) mass is 312 g/mol. The predicted octanol–water partition coefficient (Wildman–Crippen LogP) is 5.58. The lowest BCUT2D eigenvalue weighted by Crippen LogP contribution is -2.09. The molecule has 112 valence electrons. The fraction of sp³-hybridized carbons (Fsp3) is 0.294. The minimum Gasteiger partial charge on any atom is -0.166 e. The third-order valence-electron chi connectivity index (χ3n) is 3.55. The van der Waals surface area contributed by atoms with Gasteiger partial charge in [-0.05, 0) is 36.1 Å². The van der Waals surface area contributed by atoms with Gasteiger partial charge in [-0.25, -0.2) is 0 Å². The second kappa shape index (κ2) is 6.52. The largest absolute Gasteiger partial charge is 0.416 e. The van der Waals surface area contributed by atoms with E-state index in [0.29, 0.717) is 17.9 Å². The summed E-state index contributed by atoms with van der Waals surface area (Å²) in [5.74, 6) is 0.387. The average Bonchev–Trinajstić information content (AvgIpc) is 2.45. The molecule has 2 aromatic carbocycles. The first-order valence-corrected chi connectivity index (χ1v) is 7.23. The molecule has 2 rings (SSSR count). The van der Waals surface area contributed by atoms with Gasteiger partial charge in [-0.2, -0.15) is 13.2 Å². The van der Waals surface area contributed by atoms with E-state index in [1.807, 2.05) is 31.2 Å². The minimum atomic E-state index is -4.31. The Morgan fingerprint density at radius 2 is 1.76 bits per heavy atom. The molecule has 0 aliphatic rings. The van der Waals surface area contributed by atoms with Crippen molar-refractivity contribution in [2.75, 3.05) is 5.88 Å².